The maximum Gasteiger partial charge on any atom is 0.161 e. The maximum absolute atomic E-state index is 9.95. The number of hydrogen-bond donors (Lipinski definition) is 3. The van der Waals surface area contributed by atoms with Crippen LogP contribution in [0.25, 0.3) is 0 Å². The minimum Gasteiger partial charge on any atom is -0.486 e. The lowest BCUT2D eigenvalue weighted by molar-refractivity contribution is -0.0204. The molecule has 40 heavy (non-hydrogen) atoms. The first-order chi connectivity index (χ1) is 18.7. The molecule has 6 rings (SSSR count). The second-order valence-electron chi connectivity index (χ2n) is 11.2. The van der Waals surface area contributed by atoms with Gasteiger partial charge in [-0.25, -0.2) is 0 Å². The van der Waals surface area contributed by atoms with Gasteiger partial charge >= 0.3 is 0 Å². The molecule has 0 amide bonds. The third-order valence-electron chi connectivity index (χ3n) is 7.38. The average Bonchev–Trinajstić information content (AvgIpc) is 2.94. The summed E-state index contributed by atoms with van der Waals surface area (Å²) in [4.78, 5) is 2.35. The summed E-state index contributed by atoms with van der Waals surface area (Å²) in [7, 11) is 0. The summed E-state index contributed by atoms with van der Waals surface area (Å²) in [5.74, 6) is 3.35. The van der Waals surface area contributed by atoms with E-state index in [0.717, 1.165) is 86.7 Å². The first-order valence-corrected chi connectivity index (χ1v) is 15.1. The Labute approximate surface area is 252 Å². The van der Waals surface area contributed by atoms with E-state index in [1.165, 1.54) is 0 Å². The molecule has 0 saturated carbocycles. The molecule has 224 valence electrons. The Hall–Kier alpha value is -1.75. The van der Waals surface area contributed by atoms with Gasteiger partial charge in [0.05, 0.1) is 11.2 Å². The van der Waals surface area contributed by atoms with Crippen LogP contribution in [0.4, 0.5) is 0 Å². The van der Waals surface area contributed by atoms with Crippen molar-refractivity contribution < 1.29 is 29.2 Å². The Bertz CT molecular complexity index is 1020. The van der Waals surface area contributed by atoms with E-state index in [2.05, 4.69) is 26.1 Å². The second-order valence-corrected chi connectivity index (χ2v) is 11.8. The zero-order chi connectivity index (χ0) is 27.7. The van der Waals surface area contributed by atoms with E-state index in [4.69, 9.17) is 18.9 Å². The molecule has 2 fully saturated rings. The van der Waals surface area contributed by atoms with E-state index >= 15 is 0 Å². The molecule has 0 radical (unpaired) electrons. The lowest BCUT2D eigenvalue weighted by atomic mass is 9.94. The van der Waals surface area contributed by atoms with E-state index in [1.54, 1.807) is 0 Å². The van der Waals surface area contributed by atoms with Crippen LogP contribution in [-0.2, 0) is 0 Å². The first-order valence-electron chi connectivity index (χ1n) is 13.9. The van der Waals surface area contributed by atoms with E-state index in [0.29, 0.717) is 13.2 Å². The Morgan fingerprint density at radius 3 is 1.70 bits per heavy atom. The number of rotatable bonds is 3. The fourth-order valence-electron chi connectivity index (χ4n) is 4.76. The number of fused-ring (bicyclic) bond motifs is 2. The molecule has 0 aliphatic carbocycles. The van der Waals surface area contributed by atoms with Crippen molar-refractivity contribution in [3.63, 3.8) is 0 Å². The van der Waals surface area contributed by atoms with Gasteiger partial charge in [0.15, 0.2) is 23.0 Å². The number of alkyl halides is 1. The fourth-order valence-corrected chi connectivity index (χ4v) is 5.08. The number of halogens is 2. The van der Waals surface area contributed by atoms with Crippen LogP contribution in [0.5, 0.6) is 23.0 Å². The van der Waals surface area contributed by atoms with Crippen molar-refractivity contribution in [3.05, 3.63) is 48.5 Å². The predicted octanol–water partition coefficient (Wildman–Crippen LogP) is 4.44. The van der Waals surface area contributed by atoms with Crippen LogP contribution >= 0.6 is 28.3 Å². The zero-order valence-electron chi connectivity index (χ0n) is 23.5. The minimum absolute atomic E-state index is 0. The van der Waals surface area contributed by atoms with Crippen LogP contribution in [0.15, 0.2) is 48.5 Å². The van der Waals surface area contributed by atoms with Crippen molar-refractivity contribution >= 4 is 28.3 Å². The van der Waals surface area contributed by atoms with Crippen LogP contribution < -0.4 is 24.3 Å². The highest BCUT2D eigenvalue weighted by molar-refractivity contribution is 9.09. The number of benzene rings is 2. The van der Waals surface area contributed by atoms with Crippen molar-refractivity contribution in [2.45, 2.75) is 62.9 Å². The van der Waals surface area contributed by atoms with E-state index in [-0.39, 0.29) is 30.2 Å². The van der Waals surface area contributed by atoms with Crippen LogP contribution in [-0.4, -0.2) is 89.8 Å². The summed E-state index contributed by atoms with van der Waals surface area (Å²) in [5.41, 5.74) is -0.877. The molecule has 4 heterocycles. The molecular weight excluding hydrogens is 600 g/mol. The molecule has 2 aromatic carbocycles. The fraction of sp³-hybridized carbons (Fsp3) is 0.600. The molecular formula is C30H44BrClN2O6. The van der Waals surface area contributed by atoms with Crippen molar-refractivity contribution in [1.29, 1.82) is 0 Å². The molecule has 2 aromatic rings. The summed E-state index contributed by atoms with van der Waals surface area (Å²) < 4.78 is 22.8. The lowest BCUT2D eigenvalue weighted by Crippen LogP contribution is -2.47. The zero-order valence-corrected chi connectivity index (χ0v) is 25.9. The molecule has 10 heteroatoms. The molecule has 2 saturated heterocycles. The Balaban J connectivity index is 0.000000180. The van der Waals surface area contributed by atoms with Gasteiger partial charge in [-0.05, 0) is 76.9 Å². The molecule has 2 atom stereocenters. The Morgan fingerprint density at radius 2 is 1.23 bits per heavy atom. The van der Waals surface area contributed by atoms with Gasteiger partial charge in [-0.15, -0.1) is 12.4 Å². The SMILES string of the molecule is BrCC1COc2ccccc2O1.CC1(O)CCN(CC2COc3ccccc3O2)CC1.CC1(O)CCNCC1.Cl. The monoisotopic (exact) mass is 642 g/mol. The van der Waals surface area contributed by atoms with Gasteiger partial charge in [0.2, 0.25) is 0 Å². The van der Waals surface area contributed by atoms with Gasteiger partial charge in [-0.3, -0.25) is 4.90 Å². The molecule has 0 spiro atoms. The topological polar surface area (TPSA) is 92.7 Å². The summed E-state index contributed by atoms with van der Waals surface area (Å²) in [6.45, 7) is 9.69. The first kappa shape index (κ1) is 32.8. The van der Waals surface area contributed by atoms with E-state index in [9.17, 15) is 10.2 Å². The molecule has 0 bridgehead atoms. The summed E-state index contributed by atoms with van der Waals surface area (Å²) >= 11 is 3.36. The van der Waals surface area contributed by atoms with Crippen molar-refractivity contribution in [1.82, 2.24) is 10.2 Å². The number of aliphatic hydroxyl groups is 2. The molecule has 4 aliphatic heterocycles. The van der Waals surface area contributed by atoms with Crippen LogP contribution in [0.3, 0.4) is 0 Å². The van der Waals surface area contributed by atoms with Gasteiger partial charge in [0, 0.05) is 25.0 Å². The highest BCUT2D eigenvalue weighted by atomic mass is 79.9. The molecule has 3 N–H and O–H groups in total. The molecule has 4 aliphatic rings. The van der Waals surface area contributed by atoms with Crippen molar-refractivity contribution in [2.75, 3.05) is 51.3 Å². The number of ether oxygens (including phenoxy) is 4. The van der Waals surface area contributed by atoms with Gasteiger partial charge in [-0.1, -0.05) is 40.2 Å². The van der Waals surface area contributed by atoms with E-state index in [1.807, 2.05) is 62.4 Å². The van der Waals surface area contributed by atoms with Crippen LogP contribution in [0.1, 0.15) is 39.5 Å². The highest BCUT2D eigenvalue weighted by Crippen LogP contribution is 2.32. The summed E-state index contributed by atoms with van der Waals surface area (Å²) in [6, 6.07) is 15.5. The quantitative estimate of drug-likeness (QED) is 0.423. The van der Waals surface area contributed by atoms with Crippen molar-refractivity contribution in [3.8, 4) is 23.0 Å². The minimum atomic E-state index is -0.493. The van der Waals surface area contributed by atoms with Crippen LogP contribution in [0.2, 0.25) is 0 Å². The number of piperidine rings is 2. The van der Waals surface area contributed by atoms with Gasteiger partial charge in [0.25, 0.3) is 0 Å². The number of nitrogens with zero attached hydrogens (tertiary/aromatic N) is 1. The second kappa shape index (κ2) is 15.5. The lowest BCUT2D eigenvalue weighted by Gasteiger charge is -2.38. The summed E-state index contributed by atoms with van der Waals surface area (Å²) in [5, 5.41) is 23.3. The average molecular weight is 644 g/mol. The smallest absolute Gasteiger partial charge is 0.161 e. The third-order valence-corrected chi connectivity index (χ3v) is 8.11. The molecule has 8 nitrogen and oxygen atoms in total. The number of nitrogens with one attached hydrogen (secondary N) is 1. The standard InChI is InChI=1S/C15H21NO3.C9H9BrO2.C6H13NO.ClH/c1-15(17)6-8-16(9-7-15)10-12-11-18-13-4-2-3-5-14(13)19-12;10-5-7-6-11-8-3-1-2-4-9(8)12-7;1-6(8)2-4-7-5-3-6;/h2-5,12,17H,6-11H2,1H3;1-4,7H,5-6H2;7-8H,2-5H2,1H3;1H. The van der Waals surface area contributed by atoms with Gasteiger partial charge in [-0.2, -0.15) is 0 Å². The highest BCUT2D eigenvalue weighted by Gasteiger charge is 2.30. The number of likely N-dealkylation sites (tertiary alicyclic amines) is 1. The van der Waals surface area contributed by atoms with Gasteiger partial charge < -0.3 is 34.5 Å². The van der Waals surface area contributed by atoms with E-state index < -0.39 is 5.60 Å². The Morgan fingerprint density at radius 1 is 0.775 bits per heavy atom. The Kier molecular flexibility index (Phi) is 12.7. The number of para-hydroxylation sites is 4. The van der Waals surface area contributed by atoms with Crippen LogP contribution in [0, 0.1) is 0 Å². The molecule has 0 aromatic heterocycles. The number of hydrogen-bond acceptors (Lipinski definition) is 8. The third kappa shape index (κ3) is 10.3. The molecule has 2 unspecified atom stereocenters. The summed E-state index contributed by atoms with van der Waals surface area (Å²) in [6.07, 6.45) is 3.67. The maximum atomic E-state index is 9.95. The normalized spacial score (nSPS) is 24.1. The van der Waals surface area contributed by atoms with Gasteiger partial charge in [0.1, 0.15) is 25.4 Å². The predicted molar refractivity (Wildman–Crippen MR) is 163 cm³/mol. The van der Waals surface area contributed by atoms with Crippen molar-refractivity contribution in [2.24, 2.45) is 0 Å². The largest absolute Gasteiger partial charge is 0.486 e.